The normalized spacial score (nSPS) is 10.7. The second-order valence-corrected chi connectivity index (χ2v) is 6.10. The van der Waals surface area contributed by atoms with Crippen molar-refractivity contribution in [2.45, 2.75) is 13.5 Å². The number of para-hydroxylation sites is 1. The number of aryl methyl sites for hydroxylation is 1. The van der Waals surface area contributed by atoms with Gasteiger partial charge in [-0.2, -0.15) is 0 Å². The Bertz CT molecular complexity index is 1190. The molecular formula is C23H16FNO. The van der Waals surface area contributed by atoms with E-state index < -0.39 is 0 Å². The zero-order valence-electron chi connectivity index (χ0n) is 14.3. The molecule has 1 heterocycles. The minimum Gasteiger partial charge on any atom is -0.340 e. The average molecular weight is 341 g/mol. The Morgan fingerprint density at radius 2 is 1.81 bits per heavy atom. The fraction of sp³-hybridized carbons (Fsp3) is 0.0870. The first-order valence-electron chi connectivity index (χ1n) is 8.49. The van der Waals surface area contributed by atoms with Crippen molar-refractivity contribution in [2.75, 3.05) is 0 Å². The molecule has 0 saturated carbocycles. The molecule has 26 heavy (non-hydrogen) atoms. The molecule has 1 aromatic heterocycles. The third-order valence-corrected chi connectivity index (χ3v) is 4.55. The van der Waals surface area contributed by atoms with Gasteiger partial charge in [-0.1, -0.05) is 24.0 Å². The third-order valence-electron chi connectivity index (χ3n) is 4.55. The summed E-state index contributed by atoms with van der Waals surface area (Å²) < 4.78 is 15.3. The predicted molar refractivity (Wildman–Crippen MR) is 103 cm³/mol. The topological polar surface area (TPSA) is 22.0 Å². The smallest absolute Gasteiger partial charge is 0.150 e. The molecule has 126 valence electrons. The molecule has 0 aliphatic carbocycles. The molecule has 0 aliphatic rings. The van der Waals surface area contributed by atoms with Gasteiger partial charge >= 0.3 is 0 Å². The highest BCUT2D eigenvalue weighted by atomic mass is 19.1. The van der Waals surface area contributed by atoms with Crippen molar-refractivity contribution >= 4 is 28.1 Å². The molecule has 4 aromatic rings. The van der Waals surface area contributed by atoms with Gasteiger partial charge in [-0.05, 0) is 55.5 Å². The van der Waals surface area contributed by atoms with E-state index in [4.69, 9.17) is 0 Å². The highest BCUT2D eigenvalue weighted by Crippen LogP contribution is 2.31. The van der Waals surface area contributed by atoms with Gasteiger partial charge in [-0.15, -0.1) is 0 Å². The lowest BCUT2D eigenvalue weighted by molar-refractivity contribution is 0.112. The van der Waals surface area contributed by atoms with Gasteiger partial charge in [0.25, 0.3) is 0 Å². The first-order chi connectivity index (χ1) is 12.7. The highest BCUT2D eigenvalue weighted by Gasteiger charge is 2.12. The van der Waals surface area contributed by atoms with Crippen LogP contribution in [0.15, 0.2) is 60.7 Å². The molecular weight excluding hydrogens is 325 g/mol. The summed E-state index contributed by atoms with van der Waals surface area (Å²) in [6, 6.07) is 17.9. The van der Waals surface area contributed by atoms with Gasteiger partial charge in [0, 0.05) is 39.5 Å². The Kier molecular flexibility index (Phi) is 4.02. The van der Waals surface area contributed by atoms with E-state index >= 15 is 0 Å². The van der Waals surface area contributed by atoms with E-state index in [1.165, 1.54) is 12.1 Å². The number of aromatic nitrogens is 1. The number of halogens is 1. The van der Waals surface area contributed by atoms with E-state index in [0.29, 0.717) is 5.56 Å². The van der Waals surface area contributed by atoms with E-state index in [1.54, 1.807) is 12.1 Å². The van der Waals surface area contributed by atoms with Gasteiger partial charge in [0.05, 0.1) is 5.52 Å². The lowest BCUT2D eigenvalue weighted by atomic mass is 10.1. The Morgan fingerprint density at radius 1 is 1.00 bits per heavy atom. The minimum absolute atomic E-state index is 0.269. The second-order valence-electron chi connectivity index (χ2n) is 6.10. The molecule has 2 nitrogen and oxygen atoms in total. The monoisotopic (exact) mass is 341 g/mol. The summed E-state index contributed by atoms with van der Waals surface area (Å²) >= 11 is 0. The fourth-order valence-electron chi connectivity index (χ4n) is 3.35. The van der Waals surface area contributed by atoms with Gasteiger partial charge in [0.1, 0.15) is 12.1 Å². The number of nitrogens with zero attached hydrogens (tertiary/aromatic N) is 1. The van der Waals surface area contributed by atoms with Crippen molar-refractivity contribution in [3.8, 4) is 11.8 Å². The average Bonchev–Trinajstić information content (AvgIpc) is 3.01. The van der Waals surface area contributed by atoms with E-state index in [1.807, 2.05) is 30.3 Å². The number of carbonyl (C=O) groups is 1. The van der Waals surface area contributed by atoms with E-state index in [2.05, 4.69) is 29.4 Å². The van der Waals surface area contributed by atoms with Crippen LogP contribution in [0.5, 0.6) is 0 Å². The molecule has 3 heteroatoms. The molecule has 0 aliphatic heterocycles. The molecule has 0 unspecified atom stereocenters. The van der Waals surface area contributed by atoms with Crippen LogP contribution in [0.2, 0.25) is 0 Å². The van der Waals surface area contributed by atoms with Crippen LogP contribution in [-0.2, 0) is 6.54 Å². The van der Waals surface area contributed by atoms with Crippen molar-refractivity contribution in [3.63, 3.8) is 0 Å². The Hall–Kier alpha value is -3.38. The molecule has 0 radical (unpaired) electrons. The Morgan fingerprint density at radius 3 is 2.54 bits per heavy atom. The van der Waals surface area contributed by atoms with Crippen LogP contribution in [-0.4, -0.2) is 10.9 Å². The molecule has 0 fully saturated rings. The van der Waals surface area contributed by atoms with Crippen molar-refractivity contribution in [1.29, 1.82) is 0 Å². The first-order valence-corrected chi connectivity index (χ1v) is 8.49. The summed E-state index contributed by atoms with van der Waals surface area (Å²) in [5.41, 5.74) is 4.49. The second kappa shape index (κ2) is 6.50. The number of hydrogen-bond acceptors (Lipinski definition) is 1. The zero-order valence-corrected chi connectivity index (χ0v) is 14.3. The van der Waals surface area contributed by atoms with Gasteiger partial charge < -0.3 is 4.57 Å². The van der Waals surface area contributed by atoms with Crippen molar-refractivity contribution in [1.82, 2.24) is 4.57 Å². The van der Waals surface area contributed by atoms with Gasteiger partial charge in [0.15, 0.2) is 0 Å². The Labute approximate surface area is 150 Å². The quantitative estimate of drug-likeness (QED) is 0.364. The molecule has 3 aromatic carbocycles. The number of hydrogen-bond donors (Lipinski definition) is 0. The van der Waals surface area contributed by atoms with Gasteiger partial charge in [-0.25, -0.2) is 4.39 Å². The lowest BCUT2D eigenvalue weighted by Gasteiger charge is -2.04. The molecule has 0 amide bonds. The molecule has 0 saturated heterocycles. The number of rotatable bonds is 2. The van der Waals surface area contributed by atoms with Crippen LogP contribution in [0.4, 0.5) is 4.39 Å². The maximum atomic E-state index is 13.1. The third kappa shape index (κ3) is 2.66. The van der Waals surface area contributed by atoms with Crippen molar-refractivity contribution < 1.29 is 9.18 Å². The van der Waals surface area contributed by atoms with Crippen LogP contribution in [0, 0.1) is 17.7 Å². The SMILES string of the molecule is CCn1c2ccc(C=O)cc2c2cccc(C#Cc3ccc(F)cc3)c21. The van der Waals surface area contributed by atoms with Crippen LogP contribution in [0.1, 0.15) is 28.4 Å². The summed E-state index contributed by atoms with van der Waals surface area (Å²) in [7, 11) is 0. The fourth-order valence-corrected chi connectivity index (χ4v) is 3.35. The van der Waals surface area contributed by atoms with Crippen molar-refractivity contribution in [3.05, 3.63) is 83.2 Å². The predicted octanol–water partition coefficient (Wildman–Crippen LogP) is 5.17. The number of benzene rings is 3. The minimum atomic E-state index is -0.269. The summed E-state index contributed by atoms with van der Waals surface area (Å²) in [6.45, 7) is 2.90. The number of carbonyl (C=O) groups excluding carboxylic acids is 1. The van der Waals surface area contributed by atoms with E-state index in [0.717, 1.165) is 45.8 Å². The molecule has 0 atom stereocenters. The van der Waals surface area contributed by atoms with Gasteiger partial charge in [-0.3, -0.25) is 4.79 Å². The molecule has 0 spiro atoms. The van der Waals surface area contributed by atoms with Crippen molar-refractivity contribution in [2.24, 2.45) is 0 Å². The maximum Gasteiger partial charge on any atom is 0.150 e. The molecule has 4 rings (SSSR count). The van der Waals surface area contributed by atoms with Crippen LogP contribution in [0.25, 0.3) is 21.8 Å². The van der Waals surface area contributed by atoms with Gasteiger partial charge in [0.2, 0.25) is 0 Å². The number of fused-ring (bicyclic) bond motifs is 3. The van der Waals surface area contributed by atoms with Crippen LogP contribution < -0.4 is 0 Å². The van der Waals surface area contributed by atoms with E-state index in [-0.39, 0.29) is 5.82 Å². The largest absolute Gasteiger partial charge is 0.340 e. The van der Waals surface area contributed by atoms with E-state index in [9.17, 15) is 9.18 Å². The maximum absolute atomic E-state index is 13.1. The lowest BCUT2D eigenvalue weighted by Crippen LogP contribution is -1.95. The first kappa shape index (κ1) is 16.1. The standard InChI is InChI=1S/C23H16FNO/c1-2-25-22-13-9-17(15-26)14-21(22)20-5-3-4-18(23(20)25)10-6-16-7-11-19(24)12-8-16/h3-5,7-9,11-15H,2H2,1H3. The summed E-state index contributed by atoms with van der Waals surface area (Å²) in [6.07, 6.45) is 0.868. The zero-order chi connectivity index (χ0) is 18.1. The summed E-state index contributed by atoms with van der Waals surface area (Å²) in [5.74, 6) is 6.07. The highest BCUT2D eigenvalue weighted by molar-refractivity contribution is 6.11. The summed E-state index contributed by atoms with van der Waals surface area (Å²) in [5, 5.41) is 2.13. The van der Waals surface area contributed by atoms with Crippen LogP contribution >= 0.6 is 0 Å². The molecule has 0 bridgehead atoms. The van der Waals surface area contributed by atoms with Crippen LogP contribution in [0.3, 0.4) is 0 Å². The Balaban J connectivity index is 1.96. The molecule has 0 N–H and O–H groups in total. The number of aldehydes is 1. The summed E-state index contributed by atoms with van der Waals surface area (Å²) in [4.78, 5) is 11.2.